The number of carbonyl (C=O) groups excluding carboxylic acids is 5. The predicted molar refractivity (Wildman–Crippen MR) is 183 cm³/mol. The van der Waals surface area contributed by atoms with E-state index in [4.69, 9.17) is 9.47 Å². The lowest BCUT2D eigenvalue weighted by atomic mass is 9.78. The van der Waals surface area contributed by atoms with Gasteiger partial charge in [-0.2, -0.15) is 0 Å². The highest BCUT2D eigenvalue weighted by molar-refractivity contribution is 6.23. The van der Waals surface area contributed by atoms with Gasteiger partial charge in [-0.1, -0.05) is 38.1 Å². The number of fused-ring (bicyclic) bond motifs is 1. The molecule has 0 saturated carbocycles. The number of hydrogen-bond donors (Lipinski definition) is 2. The maximum atomic E-state index is 13.1. The van der Waals surface area contributed by atoms with E-state index in [0.29, 0.717) is 36.7 Å². The lowest BCUT2D eigenvalue weighted by Crippen LogP contribution is -2.54. The second-order valence-electron chi connectivity index (χ2n) is 12.7. The highest BCUT2D eigenvalue weighted by Gasteiger charge is 2.44. The van der Waals surface area contributed by atoms with Gasteiger partial charge in [0.25, 0.3) is 11.8 Å². The van der Waals surface area contributed by atoms with E-state index in [1.54, 1.807) is 30.5 Å². The van der Waals surface area contributed by atoms with E-state index in [-0.39, 0.29) is 47.6 Å². The van der Waals surface area contributed by atoms with E-state index >= 15 is 0 Å². The Morgan fingerprint density at radius 2 is 1.56 bits per heavy atom. The van der Waals surface area contributed by atoms with Gasteiger partial charge in [0.15, 0.2) is 11.6 Å². The summed E-state index contributed by atoms with van der Waals surface area (Å²) in [5, 5.41) is 5.47. The molecular formula is C38H37N5O7. The van der Waals surface area contributed by atoms with Crippen molar-refractivity contribution in [2.75, 3.05) is 18.5 Å². The number of imide groups is 2. The minimum Gasteiger partial charge on any atom is -0.494 e. The van der Waals surface area contributed by atoms with Gasteiger partial charge >= 0.3 is 0 Å². The lowest BCUT2D eigenvalue weighted by Gasteiger charge is -2.27. The lowest BCUT2D eigenvalue weighted by molar-refractivity contribution is -0.136. The SMILES string of the molecule is CC(=O)c1nccc(COc2ccc(C(C)(C)c3ccc(OCCCNc4ccc5c(c4)C(=O)N(C4CCC(=O)NC4=O)C5=O)cc3)cc2)n1. The average molecular weight is 676 g/mol. The van der Waals surface area contributed by atoms with Crippen molar-refractivity contribution < 1.29 is 33.4 Å². The van der Waals surface area contributed by atoms with Crippen molar-refractivity contribution in [2.24, 2.45) is 0 Å². The molecule has 1 fully saturated rings. The molecule has 1 saturated heterocycles. The van der Waals surface area contributed by atoms with Gasteiger partial charge in [-0.25, -0.2) is 9.97 Å². The van der Waals surface area contributed by atoms with Crippen LogP contribution in [0.25, 0.3) is 0 Å². The van der Waals surface area contributed by atoms with Gasteiger partial charge in [0, 0.05) is 37.2 Å². The second-order valence-corrected chi connectivity index (χ2v) is 12.7. The van der Waals surface area contributed by atoms with Crippen molar-refractivity contribution in [2.45, 2.75) is 58.1 Å². The summed E-state index contributed by atoms with van der Waals surface area (Å²) in [6.07, 6.45) is 2.43. The van der Waals surface area contributed by atoms with E-state index in [9.17, 15) is 24.0 Å². The molecule has 1 atom stereocenters. The fourth-order valence-electron chi connectivity index (χ4n) is 5.98. The molecule has 4 aromatic rings. The van der Waals surface area contributed by atoms with E-state index < -0.39 is 29.7 Å². The Morgan fingerprint density at radius 3 is 2.22 bits per heavy atom. The first-order valence-electron chi connectivity index (χ1n) is 16.4. The maximum absolute atomic E-state index is 13.1. The quantitative estimate of drug-likeness (QED) is 0.114. The zero-order valence-corrected chi connectivity index (χ0v) is 28.0. The van der Waals surface area contributed by atoms with Gasteiger partial charge < -0.3 is 14.8 Å². The Balaban J connectivity index is 0.965. The van der Waals surface area contributed by atoms with Crippen molar-refractivity contribution in [1.82, 2.24) is 20.2 Å². The average Bonchev–Trinajstić information content (AvgIpc) is 3.36. The maximum Gasteiger partial charge on any atom is 0.262 e. The van der Waals surface area contributed by atoms with E-state index in [2.05, 4.69) is 46.6 Å². The number of ether oxygens (including phenoxy) is 2. The summed E-state index contributed by atoms with van der Waals surface area (Å²) in [5.41, 5.74) is 3.75. The number of anilines is 1. The summed E-state index contributed by atoms with van der Waals surface area (Å²) >= 11 is 0. The molecule has 12 heteroatoms. The fraction of sp³-hybridized carbons (Fsp3) is 0.289. The molecule has 50 heavy (non-hydrogen) atoms. The van der Waals surface area contributed by atoms with Crippen LogP contribution in [-0.4, -0.2) is 63.5 Å². The summed E-state index contributed by atoms with van der Waals surface area (Å²) in [7, 11) is 0. The third kappa shape index (κ3) is 7.24. The molecule has 2 aliphatic rings. The zero-order valence-electron chi connectivity index (χ0n) is 28.0. The fourth-order valence-corrected chi connectivity index (χ4v) is 5.98. The van der Waals surface area contributed by atoms with E-state index in [1.165, 1.54) is 6.92 Å². The molecule has 0 aliphatic carbocycles. The van der Waals surface area contributed by atoms with Gasteiger partial charge in [0.05, 0.1) is 23.4 Å². The minimum atomic E-state index is -0.993. The standard InChI is InChI=1S/C38H37N5O7/c1-23(44)34-40-19-17-27(41-34)22-50-29-12-7-25(8-13-29)38(2,3)24-5-10-28(11-6-24)49-20-4-18-39-26-9-14-30-31(21-26)37(48)43(36(30)47)32-15-16-33(45)42-35(32)46/h5-14,17,19,21,32,39H,4,15-16,18,20,22H2,1-3H3,(H,42,45,46). The number of benzene rings is 3. The predicted octanol–water partition coefficient (Wildman–Crippen LogP) is 4.87. The molecule has 3 heterocycles. The highest BCUT2D eigenvalue weighted by atomic mass is 16.5. The molecule has 2 aliphatic heterocycles. The van der Waals surface area contributed by atoms with Crippen LogP contribution in [0, 0.1) is 0 Å². The Hall–Kier alpha value is -5.91. The van der Waals surface area contributed by atoms with Crippen LogP contribution in [0.2, 0.25) is 0 Å². The molecular weight excluding hydrogens is 638 g/mol. The van der Waals surface area contributed by atoms with Crippen LogP contribution in [0.5, 0.6) is 11.5 Å². The number of piperidine rings is 1. The Bertz CT molecular complexity index is 1960. The van der Waals surface area contributed by atoms with Gasteiger partial charge in [-0.15, -0.1) is 0 Å². The molecule has 0 radical (unpaired) electrons. The van der Waals surface area contributed by atoms with Crippen LogP contribution in [0.4, 0.5) is 5.69 Å². The van der Waals surface area contributed by atoms with E-state index in [1.807, 2.05) is 36.4 Å². The molecule has 1 aromatic heterocycles. The summed E-state index contributed by atoms with van der Waals surface area (Å²) < 4.78 is 11.9. The zero-order chi connectivity index (χ0) is 35.4. The number of Topliss-reactive ketones (excluding diaryl/α,β-unsaturated/α-hetero) is 1. The van der Waals surface area contributed by atoms with Gasteiger partial charge in [0.1, 0.15) is 24.1 Å². The van der Waals surface area contributed by atoms with Crippen LogP contribution < -0.4 is 20.1 Å². The van der Waals surface area contributed by atoms with Crippen molar-refractivity contribution >= 4 is 35.1 Å². The molecule has 3 aromatic carbocycles. The number of ketones is 1. The first-order chi connectivity index (χ1) is 24.0. The number of amides is 4. The smallest absolute Gasteiger partial charge is 0.262 e. The van der Waals surface area contributed by atoms with Gasteiger partial charge in [-0.05, 0) is 72.5 Å². The summed E-state index contributed by atoms with van der Waals surface area (Å²) in [6.45, 7) is 7.01. The second kappa shape index (κ2) is 14.3. The third-order valence-electron chi connectivity index (χ3n) is 8.93. The van der Waals surface area contributed by atoms with E-state index in [0.717, 1.165) is 21.8 Å². The topological polar surface area (TPSA) is 157 Å². The number of rotatable bonds is 13. The molecule has 6 rings (SSSR count). The number of nitrogens with one attached hydrogen (secondary N) is 2. The monoisotopic (exact) mass is 675 g/mol. The first kappa shape index (κ1) is 34.0. The Labute approximate surface area is 289 Å². The van der Waals surface area contributed by atoms with Crippen LogP contribution >= 0.6 is 0 Å². The first-order valence-corrected chi connectivity index (χ1v) is 16.4. The number of aromatic nitrogens is 2. The highest BCUT2D eigenvalue weighted by Crippen LogP contribution is 2.34. The molecule has 4 amide bonds. The Kier molecular flexibility index (Phi) is 9.71. The van der Waals surface area contributed by atoms with Crippen molar-refractivity contribution in [3.63, 3.8) is 0 Å². The minimum absolute atomic E-state index is 0.0753. The summed E-state index contributed by atoms with van der Waals surface area (Å²) in [6, 6.07) is 21.6. The largest absolute Gasteiger partial charge is 0.494 e. The van der Waals surface area contributed by atoms with Crippen LogP contribution in [0.3, 0.4) is 0 Å². The van der Waals surface area contributed by atoms with Crippen LogP contribution in [0.1, 0.15) is 88.2 Å². The van der Waals surface area contributed by atoms with Crippen molar-refractivity contribution in [3.8, 4) is 11.5 Å². The number of hydrogen-bond acceptors (Lipinski definition) is 10. The van der Waals surface area contributed by atoms with Gasteiger partial charge in [-0.3, -0.25) is 34.2 Å². The van der Waals surface area contributed by atoms with Crippen LogP contribution in [0.15, 0.2) is 79.0 Å². The number of nitrogens with zero attached hydrogens (tertiary/aromatic N) is 3. The Morgan fingerprint density at radius 1 is 0.900 bits per heavy atom. The molecule has 0 spiro atoms. The summed E-state index contributed by atoms with van der Waals surface area (Å²) in [5.74, 6) is -0.679. The van der Waals surface area contributed by atoms with Crippen molar-refractivity contribution in [1.29, 1.82) is 0 Å². The van der Waals surface area contributed by atoms with Crippen molar-refractivity contribution in [3.05, 3.63) is 113 Å². The normalized spacial score (nSPS) is 15.8. The summed E-state index contributed by atoms with van der Waals surface area (Å²) in [4.78, 5) is 70.5. The van der Waals surface area contributed by atoms with Gasteiger partial charge in [0.2, 0.25) is 11.8 Å². The molecule has 256 valence electrons. The molecule has 0 bridgehead atoms. The molecule has 1 unspecified atom stereocenters. The molecule has 12 nitrogen and oxygen atoms in total. The van der Waals surface area contributed by atoms with Crippen LogP contribution in [-0.2, 0) is 21.6 Å². The molecule has 2 N–H and O–H groups in total. The number of carbonyl (C=O) groups is 5. The third-order valence-corrected chi connectivity index (χ3v) is 8.93.